The third kappa shape index (κ3) is 4.07. The van der Waals surface area contributed by atoms with E-state index in [1.54, 1.807) is 6.08 Å². The van der Waals surface area contributed by atoms with E-state index in [1.807, 2.05) is 30.3 Å². The second-order valence-electron chi connectivity index (χ2n) is 3.99. The van der Waals surface area contributed by atoms with Crippen molar-refractivity contribution in [3.05, 3.63) is 77.4 Å². The highest BCUT2D eigenvalue weighted by atomic mass is 35.5. The topological polar surface area (TPSA) is 54.4 Å². The molecule has 1 N–H and O–H groups in total. The number of hydrogen-bond acceptors (Lipinski definition) is 2. The van der Waals surface area contributed by atoms with E-state index in [4.69, 9.17) is 5.11 Å². The summed E-state index contributed by atoms with van der Waals surface area (Å²) < 4.78 is 0. The first-order valence-electron chi connectivity index (χ1n) is 5.77. The predicted molar refractivity (Wildman–Crippen MR) is 80.5 cm³/mol. The van der Waals surface area contributed by atoms with Gasteiger partial charge in [0.15, 0.2) is 5.78 Å². The predicted octanol–water partition coefficient (Wildman–Crippen LogP) is 3.70. The van der Waals surface area contributed by atoms with Gasteiger partial charge in [-0.15, -0.1) is 12.4 Å². The van der Waals surface area contributed by atoms with Crippen molar-refractivity contribution in [1.29, 1.82) is 0 Å². The van der Waals surface area contributed by atoms with E-state index < -0.39 is 5.97 Å². The summed E-state index contributed by atoms with van der Waals surface area (Å²) in [7, 11) is 0. The largest absolute Gasteiger partial charge is 0.478 e. The third-order valence-electron chi connectivity index (χ3n) is 2.64. The quantitative estimate of drug-likeness (QED) is 0.689. The number of halogens is 1. The molecule has 4 heteroatoms. The summed E-state index contributed by atoms with van der Waals surface area (Å²) in [6.45, 7) is 0. The van der Waals surface area contributed by atoms with Crippen molar-refractivity contribution in [2.45, 2.75) is 0 Å². The lowest BCUT2D eigenvalue weighted by atomic mass is 10.1. The smallest absolute Gasteiger partial charge is 0.335 e. The molecule has 0 aliphatic carbocycles. The minimum absolute atomic E-state index is 0. The maximum atomic E-state index is 11.9. The first kappa shape index (κ1) is 15.7. The van der Waals surface area contributed by atoms with Crippen molar-refractivity contribution in [2.75, 3.05) is 0 Å². The molecule has 0 fully saturated rings. The van der Waals surface area contributed by atoms with Crippen LogP contribution in [-0.4, -0.2) is 16.9 Å². The van der Waals surface area contributed by atoms with Crippen molar-refractivity contribution in [3.8, 4) is 0 Å². The van der Waals surface area contributed by atoms with Gasteiger partial charge in [-0.25, -0.2) is 4.79 Å². The zero-order valence-electron chi connectivity index (χ0n) is 10.5. The zero-order chi connectivity index (χ0) is 13.7. The second-order valence-corrected chi connectivity index (χ2v) is 3.99. The Morgan fingerprint density at radius 2 is 1.40 bits per heavy atom. The Balaban J connectivity index is 0.00000200. The second kappa shape index (κ2) is 7.26. The molecule has 3 nitrogen and oxygen atoms in total. The van der Waals surface area contributed by atoms with Crippen LogP contribution in [0.2, 0.25) is 0 Å². The molecule has 0 radical (unpaired) electrons. The van der Waals surface area contributed by atoms with E-state index in [-0.39, 0.29) is 23.8 Å². The van der Waals surface area contributed by atoms with Crippen molar-refractivity contribution in [2.24, 2.45) is 0 Å². The molecule has 0 spiro atoms. The summed E-state index contributed by atoms with van der Waals surface area (Å²) in [5, 5.41) is 8.77. The van der Waals surface area contributed by atoms with E-state index in [9.17, 15) is 9.59 Å². The maximum Gasteiger partial charge on any atom is 0.335 e. The van der Waals surface area contributed by atoms with E-state index in [0.717, 1.165) is 5.56 Å². The van der Waals surface area contributed by atoms with Crippen LogP contribution >= 0.6 is 12.4 Å². The molecule has 2 rings (SSSR count). The number of carbonyl (C=O) groups excluding carboxylic acids is 1. The van der Waals surface area contributed by atoms with Crippen LogP contribution in [0, 0.1) is 0 Å². The first-order chi connectivity index (χ1) is 9.16. The highest BCUT2D eigenvalue weighted by molar-refractivity contribution is 6.07. The number of carboxylic acid groups (broad SMARTS) is 1. The van der Waals surface area contributed by atoms with Crippen LogP contribution in [0.15, 0.2) is 60.7 Å². The van der Waals surface area contributed by atoms with E-state index in [1.165, 1.54) is 30.3 Å². The number of aromatic carboxylic acids is 1. The fourth-order valence-corrected chi connectivity index (χ4v) is 1.61. The number of hydrogen-bond donors (Lipinski definition) is 1. The molecule has 0 amide bonds. The van der Waals surface area contributed by atoms with E-state index in [0.29, 0.717) is 5.56 Å². The molecule has 0 aliphatic rings. The van der Waals surface area contributed by atoms with Crippen molar-refractivity contribution in [3.63, 3.8) is 0 Å². The van der Waals surface area contributed by atoms with Gasteiger partial charge in [-0.05, 0) is 23.8 Å². The molecular formula is C16H13ClO3. The molecule has 2 aromatic rings. The fraction of sp³-hybridized carbons (Fsp3) is 0. The molecule has 2 aromatic carbocycles. The van der Waals surface area contributed by atoms with Crippen LogP contribution in [0.25, 0.3) is 6.08 Å². The number of carboxylic acids is 1. The molecule has 0 saturated heterocycles. The van der Waals surface area contributed by atoms with Crippen LogP contribution in [-0.2, 0) is 0 Å². The monoisotopic (exact) mass is 288 g/mol. The van der Waals surface area contributed by atoms with Crippen molar-refractivity contribution < 1.29 is 14.7 Å². The van der Waals surface area contributed by atoms with Gasteiger partial charge in [0.1, 0.15) is 0 Å². The Morgan fingerprint density at radius 3 is 1.95 bits per heavy atom. The molecular weight excluding hydrogens is 276 g/mol. The number of ketones is 1. The minimum Gasteiger partial charge on any atom is -0.478 e. The summed E-state index contributed by atoms with van der Waals surface area (Å²) in [5.74, 6) is -1.15. The van der Waals surface area contributed by atoms with Gasteiger partial charge in [0.25, 0.3) is 0 Å². The summed E-state index contributed by atoms with van der Waals surface area (Å²) >= 11 is 0. The number of benzene rings is 2. The molecule has 0 aromatic heterocycles. The van der Waals surface area contributed by atoms with Crippen LogP contribution in [0.5, 0.6) is 0 Å². The highest BCUT2D eigenvalue weighted by Gasteiger charge is 2.05. The standard InChI is InChI=1S/C16H12O3.ClH/c17-15(11-6-12-4-2-1-3-5-12)13-7-9-14(10-8-13)16(18)19;/h1-11H,(H,18,19);1H. The molecule has 0 aliphatic heterocycles. The summed E-state index contributed by atoms with van der Waals surface area (Å²) in [5.41, 5.74) is 1.58. The molecule has 0 atom stereocenters. The molecule has 0 saturated carbocycles. The normalized spacial score (nSPS) is 10.0. The minimum atomic E-state index is -1.00. The van der Waals surface area contributed by atoms with Crippen molar-refractivity contribution in [1.82, 2.24) is 0 Å². The number of rotatable bonds is 4. The van der Waals surface area contributed by atoms with Crippen LogP contribution < -0.4 is 0 Å². The number of carbonyl (C=O) groups is 2. The Kier molecular flexibility index (Phi) is 5.69. The lowest BCUT2D eigenvalue weighted by Crippen LogP contribution is -1.98. The fourth-order valence-electron chi connectivity index (χ4n) is 1.61. The summed E-state index contributed by atoms with van der Waals surface area (Å²) in [6, 6.07) is 15.4. The van der Waals surface area contributed by atoms with Gasteiger partial charge >= 0.3 is 5.97 Å². The van der Waals surface area contributed by atoms with E-state index in [2.05, 4.69) is 0 Å². The first-order valence-corrected chi connectivity index (χ1v) is 5.77. The SMILES string of the molecule is Cl.O=C(O)c1ccc(C(=O)C=Cc2ccccc2)cc1. The summed E-state index contributed by atoms with van der Waals surface area (Å²) in [6.07, 6.45) is 3.21. The molecule has 20 heavy (non-hydrogen) atoms. The molecule has 102 valence electrons. The van der Waals surface area contributed by atoms with Crippen LogP contribution in [0.3, 0.4) is 0 Å². The molecule has 0 bridgehead atoms. The van der Waals surface area contributed by atoms with Gasteiger partial charge in [0.05, 0.1) is 5.56 Å². The highest BCUT2D eigenvalue weighted by Crippen LogP contribution is 2.08. The van der Waals surface area contributed by atoms with Crippen molar-refractivity contribution >= 4 is 30.2 Å². The average Bonchev–Trinajstić information content (AvgIpc) is 2.46. The van der Waals surface area contributed by atoms with Gasteiger partial charge < -0.3 is 5.11 Å². The Bertz CT molecular complexity index is 616. The Morgan fingerprint density at radius 1 is 0.850 bits per heavy atom. The van der Waals surface area contributed by atoms with Gasteiger partial charge in [-0.2, -0.15) is 0 Å². The van der Waals surface area contributed by atoms with Crippen LogP contribution in [0.1, 0.15) is 26.3 Å². The molecule has 0 heterocycles. The lowest BCUT2D eigenvalue weighted by molar-refractivity contribution is 0.0696. The average molecular weight is 289 g/mol. The Hall–Kier alpha value is -2.39. The van der Waals surface area contributed by atoms with Gasteiger partial charge in [0, 0.05) is 5.56 Å². The zero-order valence-corrected chi connectivity index (χ0v) is 11.3. The number of allylic oxidation sites excluding steroid dienone is 1. The maximum absolute atomic E-state index is 11.9. The van der Waals surface area contributed by atoms with E-state index >= 15 is 0 Å². The molecule has 0 unspecified atom stereocenters. The Labute approximate surface area is 123 Å². The third-order valence-corrected chi connectivity index (χ3v) is 2.64. The van der Waals surface area contributed by atoms with Crippen LogP contribution in [0.4, 0.5) is 0 Å². The summed E-state index contributed by atoms with van der Waals surface area (Å²) in [4.78, 5) is 22.6. The van der Waals surface area contributed by atoms with Gasteiger partial charge in [-0.1, -0.05) is 48.5 Å². The van der Waals surface area contributed by atoms with Gasteiger partial charge in [-0.3, -0.25) is 4.79 Å². The van der Waals surface area contributed by atoms with Gasteiger partial charge in [0.2, 0.25) is 0 Å². The lowest BCUT2D eigenvalue weighted by Gasteiger charge is -1.97.